The maximum atomic E-state index is 13.2. The lowest BCUT2D eigenvalue weighted by atomic mass is 9.83. The van der Waals surface area contributed by atoms with Crippen LogP contribution in [0.3, 0.4) is 0 Å². The highest BCUT2D eigenvalue weighted by Gasteiger charge is 2.36. The van der Waals surface area contributed by atoms with E-state index in [1.54, 1.807) is 0 Å². The average molecular weight is 322 g/mol. The molecule has 1 aliphatic carbocycles. The Morgan fingerprint density at radius 3 is 2.59 bits per heavy atom. The van der Waals surface area contributed by atoms with Crippen LogP contribution in [0.25, 0.3) is 0 Å². The summed E-state index contributed by atoms with van der Waals surface area (Å²) < 4.78 is 5.48. The van der Waals surface area contributed by atoms with Gasteiger partial charge in [-0.15, -0.1) is 0 Å². The van der Waals surface area contributed by atoms with Gasteiger partial charge >= 0.3 is 0 Å². The lowest BCUT2D eigenvalue weighted by molar-refractivity contribution is -0.142. The summed E-state index contributed by atoms with van der Waals surface area (Å²) in [4.78, 5) is 15.2. The molecule has 0 aromatic heterocycles. The minimum atomic E-state index is -0.0275. The van der Waals surface area contributed by atoms with Crippen molar-refractivity contribution in [1.29, 1.82) is 0 Å². The standard InChI is InChI=1S/C18H24ClNO2/c1-13-12-22-11-10-20(13)18(21)17(14-4-2-3-5-14)15-6-8-16(19)9-7-15/h6-9,13-14,17H,2-5,10-12H2,1H3. The molecule has 2 unspecified atom stereocenters. The maximum absolute atomic E-state index is 13.2. The second-order valence-electron chi connectivity index (χ2n) is 6.53. The van der Waals surface area contributed by atoms with Crippen molar-refractivity contribution in [2.45, 2.75) is 44.6 Å². The summed E-state index contributed by atoms with van der Waals surface area (Å²) in [6.45, 7) is 4.07. The van der Waals surface area contributed by atoms with Crippen molar-refractivity contribution in [3.8, 4) is 0 Å². The van der Waals surface area contributed by atoms with Crippen LogP contribution < -0.4 is 0 Å². The largest absolute Gasteiger partial charge is 0.377 e. The predicted octanol–water partition coefficient (Wildman–Crippen LogP) is 3.86. The van der Waals surface area contributed by atoms with Crippen LogP contribution in [0.2, 0.25) is 5.02 Å². The molecule has 2 atom stereocenters. The number of hydrogen-bond acceptors (Lipinski definition) is 2. The van der Waals surface area contributed by atoms with Gasteiger partial charge in [0.1, 0.15) is 0 Å². The third-order valence-electron chi connectivity index (χ3n) is 5.02. The number of morpholine rings is 1. The molecule has 2 fully saturated rings. The Morgan fingerprint density at radius 2 is 1.95 bits per heavy atom. The number of carbonyl (C=O) groups is 1. The van der Waals surface area contributed by atoms with Gasteiger partial charge in [0, 0.05) is 11.6 Å². The summed E-state index contributed by atoms with van der Waals surface area (Å²) in [5, 5.41) is 0.723. The molecule has 3 nitrogen and oxygen atoms in total. The Hall–Kier alpha value is -1.06. The van der Waals surface area contributed by atoms with Crippen LogP contribution in [0, 0.1) is 5.92 Å². The molecule has 1 aromatic carbocycles. The summed E-state index contributed by atoms with van der Waals surface area (Å²) in [7, 11) is 0. The van der Waals surface area contributed by atoms with Gasteiger partial charge in [-0.3, -0.25) is 4.79 Å². The first-order valence-electron chi connectivity index (χ1n) is 8.30. The molecular weight excluding hydrogens is 298 g/mol. The summed E-state index contributed by atoms with van der Waals surface area (Å²) in [6, 6.07) is 8.00. The Morgan fingerprint density at radius 1 is 1.27 bits per heavy atom. The Labute approximate surface area is 137 Å². The fraction of sp³-hybridized carbons (Fsp3) is 0.611. The van der Waals surface area contributed by atoms with E-state index in [4.69, 9.17) is 16.3 Å². The van der Waals surface area contributed by atoms with E-state index in [2.05, 4.69) is 6.92 Å². The van der Waals surface area contributed by atoms with E-state index < -0.39 is 0 Å². The first-order valence-corrected chi connectivity index (χ1v) is 8.68. The molecule has 0 bridgehead atoms. The van der Waals surface area contributed by atoms with Gasteiger partial charge in [-0.1, -0.05) is 36.6 Å². The van der Waals surface area contributed by atoms with Crippen molar-refractivity contribution in [1.82, 2.24) is 4.90 Å². The topological polar surface area (TPSA) is 29.5 Å². The number of benzene rings is 1. The highest BCUT2D eigenvalue weighted by molar-refractivity contribution is 6.30. The molecule has 2 aliphatic rings. The van der Waals surface area contributed by atoms with Gasteiger partial charge in [0.05, 0.1) is 25.2 Å². The van der Waals surface area contributed by atoms with Gasteiger partial charge in [-0.05, 0) is 43.4 Å². The van der Waals surface area contributed by atoms with Crippen molar-refractivity contribution in [3.63, 3.8) is 0 Å². The highest BCUT2D eigenvalue weighted by Crippen LogP contribution is 2.39. The van der Waals surface area contributed by atoms with Crippen LogP contribution >= 0.6 is 11.6 Å². The summed E-state index contributed by atoms with van der Waals surface area (Å²) in [5.74, 6) is 0.703. The number of nitrogens with zero attached hydrogens (tertiary/aromatic N) is 1. The van der Waals surface area contributed by atoms with E-state index in [0.29, 0.717) is 25.7 Å². The van der Waals surface area contributed by atoms with Gasteiger partial charge in [0.2, 0.25) is 5.91 Å². The zero-order chi connectivity index (χ0) is 15.5. The molecule has 1 amide bonds. The second kappa shape index (κ2) is 7.01. The maximum Gasteiger partial charge on any atom is 0.230 e. The van der Waals surface area contributed by atoms with E-state index in [1.807, 2.05) is 29.2 Å². The SMILES string of the molecule is CC1COCCN1C(=O)C(c1ccc(Cl)cc1)C1CCCC1. The van der Waals surface area contributed by atoms with Gasteiger partial charge < -0.3 is 9.64 Å². The molecule has 1 aromatic rings. The first-order chi connectivity index (χ1) is 10.7. The fourth-order valence-corrected chi connectivity index (χ4v) is 3.94. The van der Waals surface area contributed by atoms with Crippen molar-refractivity contribution in [2.75, 3.05) is 19.8 Å². The minimum absolute atomic E-state index is 0.0275. The zero-order valence-electron chi connectivity index (χ0n) is 13.1. The predicted molar refractivity (Wildman–Crippen MR) is 88.1 cm³/mol. The molecular formula is C18H24ClNO2. The molecule has 1 saturated heterocycles. The third kappa shape index (κ3) is 3.31. The molecule has 1 saturated carbocycles. The lowest BCUT2D eigenvalue weighted by Gasteiger charge is -2.37. The van der Waals surface area contributed by atoms with E-state index in [0.717, 1.165) is 23.4 Å². The Kier molecular flexibility index (Phi) is 5.04. The second-order valence-corrected chi connectivity index (χ2v) is 6.97. The zero-order valence-corrected chi connectivity index (χ0v) is 13.9. The quantitative estimate of drug-likeness (QED) is 0.846. The van der Waals surface area contributed by atoms with Gasteiger partial charge in [0.15, 0.2) is 0 Å². The lowest BCUT2D eigenvalue weighted by Crippen LogP contribution is -2.49. The number of hydrogen-bond donors (Lipinski definition) is 0. The monoisotopic (exact) mass is 321 g/mol. The Bertz CT molecular complexity index is 510. The van der Waals surface area contributed by atoms with E-state index in [1.165, 1.54) is 12.8 Å². The Balaban J connectivity index is 1.87. The molecule has 22 heavy (non-hydrogen) atoms. The van der Waals surface area contributed by atoms with Crippen LogP contribution in [0.4, 0.5) is 0 Å². The first kappa shape index (κ1) is 15.8. The van der Waals surface area contributed by atoms with Crippen molar-refractivity contribution in [3.05, 3.63) is 34.9 Å². The molecule has 1 heterocycles. The van der Waals surface area contributed by atoms with Crippen molar-refractivity contribution < 1.29 is 9.53 Å². The fourth-order valence-electron chi connectivity index (χ4n) is 3.81. The molecule has 0 spiro atoms. The van der Waals surface area contributed by atoms with Gasteiger partial charge in [-0.2, -0.15) is 0 Å². The van der Waals surface area contributed by atoms with E-state index in [-0.39, 0.29) is 17.9 Å². The summed E-state index contributed by atoms with van der Waals surface area (Å²) in [5.41, 5.74) is 1.11. The molecule has 0 radical (unpaired) electrons. The highest BCUT2D eigenvalue weighted by atomic mass is 35.5. The molecule has 120 valence electrons. The number of amides is 1. The minimum Gasteiger partial charge on any atom is -0.377 e. The van der Waals surface area contributed by atoms with Crippen molar-refractivity contribution in [2.24, 2.45) is 5.92 Å². The third-order valence-corrected chi connectivity index (χ3v) is 5.27. The van der Waals surface area contributed by atoms with Crippen LogP contribution in [-0.4, -0.2) is 36.6 Å². The van der Waals surface area contributed by atoms with Gasteiger partial charge in [0.25, 0.3) is 0 Å². The molecule has 4 heteroatoms. The van der Waals surface area contributed by atoms with Crippen molar-refractivity contribution >= 4 is 17.5 Å². The van der Waals surface area contributed by atoms with E-state index >= 15 is 0 Å². The molecule has 0 N–H and O–H groups in total. The molecule has 1 aliphatic heterocycles. The number of halogens is 1. The van der Waals surface area contributed by atoms with E-state index in [9.17, 15) is 4.79 Å². The van der Waals surface area contributed by atoms with Crippen LogP contribution in [0.15, 0.2) is 24.3 Å². The van der Waals surface area contributed by atoms with Crippen LogP contribution in [-0.2, 0) is 9.53 Å². The summed E-state index contributed by atoms with van der Waals surface area (Å²) in [6.07, 6.45) is 4.77. The summed E-state index contributed by atoms with van der Waals surface area (Å²) >= 11 is 6.02. The number of rotatable bonds is 3. The average Bonchev–Trinajstić information content (AvgIpc) is 3.04. The normalized spacial score (nSPS) is 24.5. The smallest absolute Gasteiger partial charge is 0.230 e. The molecule has 3 rings (SSSR count). The van der Waals surface area contributed by atoms with Gasteiger partial charge in [-0.25, -0.2) is 0 Å². The number of carbonyl (C=O) groups excluding carboxylic acids is 1. The van der Waals surface area contributed by atoms with Crippen LogP contribution in [0.1, 0.15) is 44.1 Å². The number of ether oxygens (including phenoxy) is 1. The van der Waals surface area contributed by atoms with Crippen LogP contribution in [0.5, 0.6) is 0 Å².